The van der Waals surface area contributed by atoms with Crippen LogP contribution in [0, 0.1) is 12.8 Å². The first-order valence-corrected chi connectivity index (χ1v) is 12.9. The summed E-state index contributed by atoms with van der Waals surface area (Å²) >= 11 is 1.60. The number of pyridine rings is 1. The van der Waals surface area contributed by atoms with E-state index in [1.807, 2.05) is 30.5 Å². The number of benzene rings is 2. The predicted octanol–water partition coefficient (Wildman–Crippen LogP) is 4.72. The van der Waals surface area contributed by atoms with E-state index in [1.165, 1.54) is 13.2 Å². The van der Waals surface area contributed by atoms with Crippen molar-refractivity contribution in [2.75, 3.05) is 34.0 Å². The fraction of sp³-hybridized carbons (Fsp3) is 0.276. The molecule has 4 rings (SSSR count). The van der Waals surface area contributed by atoms with E-state index in [9.17, 15) is 14.7 Å². The molecule has 0 saturated heterocycles. The van der Waals surface area contributed by atoms with Gasteiger partial charge in [0.2, 0.25) is 0 Å². The van der Waals surface area contributed by atoms with Gasteiger partial charge in [0, 0.05) is 33.0 Å². The lowest BCUT2D eigenvalue weighted by atomic mass is 9.93. The quantitative estimate of drug-likeness (QED) is 0.250. The molecule has 2 aromatic carbocycles. The van der Waals surface area contributed by atoms with Crippen molar-refractivity contribution in [2.45, 2.75) is 13.3 Å². The average Bonchev–Trinajstić information content (AvgIpc) is 3.39. The normalized spacial score (nSPS) is 11.8. The summed E-state index contributed by atoms with van der Waals surface area (Å²) in [6.07, 6.45) is -0.209. The molecule has 0 saturated carbocycles. The number of thiophene rings is 1. The van der Waals surface area contributed by atoms with Crippen LogP contribution in [0.2, 0.25) is 0 Å². The first-order valence-electron chi connectivity index (χ1n) is 12.0. The fourth-order valence-electron chi connectivity index (χ4n) is 4.23. The van der Waals surface area contributed by atoms with Crippen molar-refractivity contribution < 1.29 is 34.0 Å². The summed E-state index contributed by atoms with van der Waals surface area (Å²) in [4.78, 5) is 31.1. The molecule has 8 nitrogen and oxygen atoms in total. The third-order valence-corrected chi connectivity index (χ3v) is 7.37. The third kappa shape index (κ3) is 5.55. The minimum Gasteiger partial charge on any atom is -0.494 e. The lowest BCUT2D eigenvalue weighted by Crippen LogP contribution is -2.23. The molecule has 0 aliphatic heterocycles. The molecule has 4 aromatic rings. The maximum atomic E-state index is 13.4. The van der Waals surface area contributed by atoms with Crippen LogP contribution in [0.5, 0.6) is 17.2 Å². The van der Waals surface area contributed by atoms with Crippen LogP contribution in [0.15, 0.2) is 53.9 Å². The van der Waals surface area contributed by atoms with E-state index >= 15 is 0 Å². The number of Topliss-reactive ketones (excluding diaryl/α,β-unsaturated/α-hetero) is 2. The number of rotatable bonds is 12. The molecule has 2 aromatic heterocycles. The summed E-state index contributed by atoms with van der Waals surface area (Å²) in [5.41, 5.74) is 2.99. The molecule has 0 amide bonds. The number of aliphatic hydroxyl groups excluding tert-OH is 2. The Hall–Kier alpha value is -3.79. The van der Waals surface area contributed by atoms with E-state index in [-0.39, 0.29) is 31.1 Å². The van der Waals surface area contributed by atoms with E-state index in [0.717, 1.165) is 21.2 Å². The highest BCUT2D eigenvalue weighted by Gasteiger charge is 2.26. The summed E-state index contributed by atoms with van der Waals surface area (Å²) < 4.78 is 17.4. The van der Waals surface area contributed by atoms with Gasteiger partial charge >= 0.3 is 0 Å². The highest BCUT2D eigenvalue weighted by atomic mass is 32.1. The molecule has 38 heavy (non-hydrogen) atoms. The van der Waals surface area contributed by atoms with Crippen LogP contribution in [0.25, 0.3) is 21.3 Å². The molecule has 0 aliphatic carbocycles. The van der Waals surface area contributed by atoms with Crippen molar-refractivity contribution in [1.82, 2.24) is 4.98 Å². The zero-order chi connectivity index (χ0) is 27.2. The number of carbonyl (C=O) groups excluding carboxylic acids is 2. The van der Waals surface area contributed by atoms with Gasteiger partial charge in [-0.25, -0.2) is 4.98 Å². The summed E-state index contributed by atoms with van der Waals surface area (Å²) in [5.74, 6) is -0.508. The van der Waals surface area contributed by atoms with E-state index in [1.54, 1.807) is 42.7 Å². The molecule has 2 heterocycles. The van der Waals surface area contributed by atoms with E-state index in [4.69, 9.17) is 19.3 Å². The van der Waals surface area contributed by atoms with Crippen LogP contribution in [-0.4, -0.2) is 60.8 Å². The van der Waals surface area contributed by atoms with Crippen LogP contribution >= 0.6 is 11.3 Å². The molecule has 0 radical (unpaired) electrons. The van der Waals surface area contributed by atoms with E-state index in [2.05, 4.69) is 4.98 Å². The Morgan fingerprint density at radius 2 is 1.76 bits per heavy atom. The van der Waals surface area contributed by atoms with Gasteiger partial charge in [-0.05, 0) is 42.8 Å². The molecule has 198 valence electrons. The summed E-state index contributed by atoms with van der Waals surface area (Å²) in [6, 6.07) is 13.9. The van der Waals surface area contributed by atoms with Crippen molar-refractivity contribution in [3.05, 3.63) is 70.7 Å². The van der Waals surface area contributed by atoms with Crippen molar-refractivity contribution in [3.63, 3.8) is 0 Å². The Morgan fingerprint density at radius 3 is 2.47 bits per heavy atom. The summed E-state index contributed by atoms with van der Waals surface area (Å²) in [7, 11) is 2.99. The minimum atomic E-state index is -0.978. The molecular weight excluding hydrogens is 506 g/mol. The summed E-state index contributed by atoms with van der Waals surface area (Å²) in [6.45, 7) is 1.46. The van der Waals surface area contributed by atoms with Crippen molar-refractivity contribution in [3.8, 4) is 28.5 Å². The maximum Gasteiger partial charge on any atom is 0.187 e. The molecule has 9 heteroatoms. The number of hydrogen-bond acceptors (Lipinski definition) is 9. The van der Waals surface area contributed by atoms with Gasteiger partial charge in [-0.1, -0.05) is 18.2 Å². The minimum absolute atomic E-state index is 0.0857. The van der Waals surface area contributed by atoms with Gasteiger partial charge in [-0.3, -0.25) is 9.59 Å². The second-order valence-corrected chi connectivity index (χ2v) is 9.54. The number of ether oxygens (including phenoxy) is 3. The first-order chi connectivity index (χ1) is 18.4. The standard InChI is InChI=1S/C29H29NO7S/c1-17-5-4-6-20-21(16-38-29(17)20)27-25(35-2)10-8-22(30-27)28(34)19(15-32)13-23(33)18-7-9-24(37-12-11-31)26(14-18)36-3/h4-10,14,16,19,31-32H,11-13,15H2,1-3H3/t19-/m0/s1. The van der Waals surface area contributed by atoms with Crippen LogP contribution in [-0.2, 0) is 0 Å². The Balaban J connectivity index is 1.60. The monoisotopic (exact) mass is 535 g/mol. The Labute approximate surface area is 224 Å². The van der Waals surface area contributed by atoms with Gasteiger partial charge in [0.25, 0.3) is 0 Å². The largest absolute Gasteiger partial charge is 0.494 e. The molecule has 0 aliphatic rings. The molecule has 0 spiro atoms. The Bertz CT molecular complexity index is 1460. The maximum absolute atomic E-state index is 13.4. The number of aromatic nitrogens is 1. The lowest BCUT2D eigenvalue weighted by molar-refractivity contribution is 0.0787. The molecule has 0 bridgehead atoms. The SMILES string of the molecule is COc1cc(C(=O)C[C@@H](CO)C(=O)c2ccc(OC)c(-c3csc4c(C)cccc34)n2)ccc1OCCO. The van der Waals surface area contributed by atoms with Crippen LogP contribution in [0.3, 0.4) is 0 Å². The third-order valence-electron chi connectivity index (χ3n) is 6.24. The fourth-order valence-corrected chi connectivity index (χ4v) is 5.27. The molecular formula is C29H29NO7S. The highest BCUT2D eigenvalue weighted by molar-refractivity contribution is 7.18. The number of aliphatic hydroxyl groups is 2. The molecule has 0 unspecified atom stereocenters. The number of carbonyl (C=O) groups is 2. The van der Waals surface area contributed by atoms with E-state index < -0.39 is 18.3 Å². The van der Waals surface area contributed by atoms with Gasteiger partial charge in [0.1, 0.15) is 23.7 Å². The highest BCUT2D eigenvalue weighted by Crippen LogP contribution is 2.39. The topological polar surface area (TPSA) is 115 Å². The van der Waals surface area contributed by atoms with E-state index in [0.29, 0.717) is 28.5 Å². The lowest BCUT2D eigenvalue weighted by Gasteiger charge is -2.15. The number of aryl methyl sites for hydroxylation is 1. The second-order valence-electron chi connectivity index (χ2n) is 8.66. The Kier molecular flexibility index (Phi) is 8.73. The zero-order valence-electron chi connectivity index (χ0n) is 21.4. The van der Waals surface area contributed by atoms with Crippen molar-refractivity contribution in [1.29, 1.82) is 0 Å². The Morgan fingerprint density at radius 1 is 1.00 bits per heavy atom. The van der Waals surface area contributed by atoms with Gasteiger partial charge in [0.05, 0.1) is 33.4 Å². The van der Waals surface area contributed by atoms with Gasteiger partial charge in [-0.2, -0.15) is 0 Å². The first kappa shape index (κ1) is 27.3. The van der Waals surface area contributed by atoms with Crippen LogP contribution in [0.1, 0.15) is 32.8 Å². The van der Waals surface area contributed by atoms with Crippen molar-refractivity contribution >= 4 is 33.0 Å². The zero-order valence-corrected chi connectivity index (χ0v) is 22.2. The van der Waals surface area contributed by atoms with Crippen LogP contribution in [0.4, 0.5) is 0 Å². The molecule has 2 N–H and O–H groups in total. The number of fused-ring (bicyclic) bond motifs is 1. The number of methoxy groups -OCH3 is 2. The molecule has 0 fully saturated rings. The summed E-state index contributed by atoms with van der Waals surface area (Å²) in [5, 5.41) is 22.0. The smallest absolute Gasteiger partial charge is 0.187 e. The van der Waals surface area contributed by atoms with Crippen molar-refractivity contribution in [2.24, 2.45) is 5.92 Å². The number of hydrogen-bond donors (Lipinski definition) is 2. The average molecular weight is 536 g/mol. The van der Waals surface area contributed by atoms with Gasteiger partial charge < -0.3 is 24.4 Å². The predicted molar refractivity (Wildman–Crippen MR) is 146 cm³/mol. The van der Waals surface area contributed by atoms with Gasteiger partial charge in [-0.15, -0.1) is 11.3 Å². The second kappa shape index (κ2) is 12.2. The van der Waals surface area contributed by atoms with Gasteiger partial charge in [0.15, 0.2) is 23.1 Å². The van der Waals surface area contributed by atoms with Crippen LogP contribution < -0.4 is 14.2 Å². The number of nitrogens with zero attached hydrogens (tertiary/aromatic N) is 1. The number of ketones is 2. The molecule has 1 atom stereocenters.